The van der Waals surface area contributed by atoms with Gasteiger partial charge in [-0.05, 0) is 24.6 Å². The minimum absolute atomic E-state index is 0.463. The number of ether oxygens (including phenoxy) is 3. The van der Waals surface area contributed by atoms with Gasteiger partial charge in [-0.3, -0.25) is 0 Å². The maximum Gasteiger partial charge on any atom is 0.141 e. The van der Waals surface area contributed by atoms with Crippen molar-refractivity contribution in [2.75, 3.05) is 40.1 Å². The lowest BCUT2D eigenvalue weighted by atomic mass is 10.1. The van der Waals surface area contributed by atoms with Crippen molar-refractivity contribution in [3.05, 3.63) is 28.8 Å². The number of para-hydroxylation sites is 1. The van der Waals surface area contributed by atoms with Crippen molar-refractivity contribution in [3.63, 3.8) is 0 Å². The molecular weight excluding hydrogens is 254 g/mol. The zero-order valence-electron chi connectivity index (χ0n) is 10.7. The third-order valence-electron chi connectivity index (χ3n) is 2.37. The molecular formula is C13H20ClNO3. The van der Waals surface area contributed by atoms with Gasteiger partial charge in [-0.2, -0.15) is 0 Å². The first-order valence-electron chi connectivity index (χ1n) is 5.96. The van der Waals surface area contributed by atoms with Crippen LogP contribution in [0.1, 0.15) is 5.56 Å². The molecule has 2 N–H and O–H groups in total. The molecule has 18 heavy (non-hydrogen) atoms. The van der Waals surface area contributed by atoms with Crippen LogP contribution in [0.2, 0.25) is 5.02 Å². The van der Waals surface area contributed by atoms with Gasteiger partial charge in [-0.1, -0.05) is 23.7 Å². The van der Waals surface area contributed by atoms with Gasteiger partial charge < -0.3 is 19.9 Å². The highest BCUT2D eigenvalue weighted by Crippen LogP contribution is 2.28. The Hall–Kier alpha value is -0.810. The molecule has 0 fully saturated rings. The fourth-order valence-electron chi connectivity index (χ4n) is 1.51. The molecule has 5 heteroatoms. The number of methoxy groups -OCH3 is 1. The standard InChI is InChI=1S/C13H20ClNO3/c1-16-7-8-17-9-10-18-13-11(5-6-15)3-2-4-12(13)14/h2-4H,5-10,15H2,1H3. The molecule has 0 bridgehead atoms. The van der Waals surface area contributed by atoms with Crippen molar-refractivity contribution in [2.45, 2.75) is 6.42 Å². The van der Waals surface area contributed by atoms with E-state index in [1.165, 1.54) is 0 Å². The topological polar surface area (TPSA) is 53.7 Å². The minimum Gasteiger partial charge on any atom is -0.489 e. The van der Waals surface area contributed by atoms with Crippen LogP contribution in [0.5, 0.6) is 5.75 Å². The molecule has 0 aromatic heterocycles. The minimum atomic E-state index is 0.463. The number of hydrogen-bond acceptors (Lipinski definition) is 4. The van der Waals surface area contributed by atoms with Crippen molar-refractivity contribution in [2.24, 2.45) is 5.73 Å². The van der Waals surface area contributed by atoms with Gasteiger partial charge in [0.15, 0.2) is 0 Å². The normalized spacial score (nSPS) is 10.6. The van der Waals surface area contributed by atoms with Crippen LogP contribution in [0, 0.1) is 0 Å². The van der Waals surface area contributed by atoms with Crippen LogP contribution < -0.4 is 10.5 Å². The van der Waals surface area contributed by atoms with Crippen molar-refractivity contribution in [1.29, 1.82) is 0 Å². The Balaban J connectivity index is 2.40. The lowest BCUT2D eigenvalue weighted by Gasteiger charge is -2.12. The van der Waals surface area contributed by atoms with E-state index < -0.39 is 0 Å². The summed E-state index contributed by atoms with van der Waals surface area (Å²) in [7, 11) is 1.64. The van der Waals surface area contributed by atoms with Crippen molar-refractivity contribution in [3.8, 4) is 5.75 Å². The molecule has 4 nitrogen and oxygen atoms in total. The molecule has 0 radical (unpaired) electrons. The molecule has 0 amide bonds. The largest absolute Gasteiger partial charge is 0.489 e. The van der Waals surface area contributed by atoms with Crippen LogP contribution in [-0.4, -0.2) is 40.1 Å². The van der Waals surface area contributed by atoms with Gasteiger partial charge in [0.05, 0.1) is 24.8 Å². The molecule has 0 heterocycles. The molecule has 0 aliphatic heterocycles. The second-order valence-electron chi connectivity index (χ2n) is 3.72. The summed E-state index contributed by atoms with van der Waals surface area (Å²) in [5.41, 5.74) is 6.58. The fraction of sp³-hybridized carbons (Fsp3) is 0.538. The van der Waals surface area contributed by atoms with E-state index in [9.17, 15) is 0 Å². The molecule has 102 valence electrons. The molecule has 0 atom stereocenters. The molecule has 0 saturated heterocycles. The summed E-state index contributed by atoms with van der Waals surface area (Å²) >= 11 is 6.10. The summed E-state index contributed by atoms with van der Waals surface area (Å²) < 4.78 is 15.8. The third kappa shape index (κ3) is 5.23. The lowest BCUT2D eigenvalue weighted by Crippen LogP contribution is -2.12. The molecule has 1 aromatic carbocycles. The number of nitrogens with two attached hydrogens (primary N) is 1. The Labute approximate surface area is 113 Å². The van der Waals surface area contributed by atoms with E-state index in [1.54, 1.807) is 7.11 Å². The average molecular weight is 274 g/mol. The van der Waals surface area contributed by atoms with Crippen LogP contribution in [0.15, 0.2) is 18.2 Å². The monoisotopic (exact) mass is 273 g/mol. The highest BCUT2D eigenvalue weighted by molar-refractivity contribution is 6.32. The second-order valence-corrected chi connectivity index (χ2v) is 4.13. The molecule has 0 spiro atoms. The predicted molar refractivity (Wildman–Crippen MR) is 72.4 cm³/mol. The number of rotatable bonds is 9. The summed E-state index contributed by atoms with van der Waals surface area (Å²) in [6.07, 6.45) is 0.750. The summed E-state index contributed by atoms with van der Waals surface area (Å²) in [6, 6.07) is 5.68. The first-order chi connectivity index (χ1) is 8.79. The molecule has 0 saturated carbocycles. The van der Waals surface area contributed by atoms with Gasteiger partial charge in [0.2, 0.25) is 0 Å². The number of hydrogen-bond donors (Lipinski definition) is 1. The SMILES string of the molecule is COCCOCCOc1c(Cl)cccc1CCN. The number of halogens is 1. The summed E-state index contributed by atoms with van der Waals surface area (Å²) in [5.74, 6) is 0.708. The molecule has 0 aliphatic rings. The summed E-state index contributed by atoms with van der Waals surface area (Å²) in [4.78, 5) is 0. The Morgan fingerprint density at radius 2 is 1.94 bits per heavy atom. The average Bonchev–Trinajstić information content (AvgIpc) is 2.36. The van der Waals surface area contributed by atoms with Crippen LogP contribution in [0.4, 0.5) is 0 Å². The van der Waals surface area contributed by atoms with E-state index in [2.05, 4.69) is 0 Å². The predicted octanol–water partition coefficient (Wildman–Crippen LogP) is 1.88. The van der Waals surface area contributed by atoms with E-state index in [-0.39, 0.29) is 0 Å². The summed E-state index contributed by atoms with van der Waals surface area (Å²) in [6.45, 7) is 2.70. The van der Waals surface area contributed by atoms with Crippen LogP contribution >= 0.6 is 11.6 Å². The van der Waals surface area contributed by atoms with Crippen molar-refractivity contribution >= 4 is 11.6 Å². The smallest absolute Gasteiger partial charge is 0.141 e. The van der Waals surface area contributed by atoms with E-state index in [0.29, 0.717) is 43.7 Å². The molecule has 1 rings (SSSR count). The van der Waals surface area contributed by atoms with E-state index in [0.717, 1.165) is 12.0 Å². The van der Waals surface area contributed by atoms with Gasteiger partial charge in [-0.25, -0.2) is 0 Å². The Morgan fingerprint density at radius 1 is 1.17 bits per heavy atom. The summed E-state index contributed by atoms with van der Waals surface area (Å²) in [5, 5.41) is 0.609. The van der Waals surface area contributed by atoms with Gasteiger partial charge in [-0.15, -0.1) is 0 Å². The Kier molecular flexibility index (Phi) is 7.76. The van der Waals surface area contributed by atoms with Gasteiger partial charge in [0, 0.05) is 7.11 Å². The molecule has 0 unspecified atom stereocenters. The highest BCUT2D eigenvalue weighted by Gasteiger charge is 2.07. The van der Waals surface area contributed by atoms with Crippen LogP contribution in [-0.2, 0) is 15.9 Å². The quantitative estimate of drug-likeness (QED) is 0.698. The fourth-order valence-corrected chi connectivity index (χ4v) is 1.76. The first-order valence-corrected chi connectivity index (χ1v) is 6.34. The van der Waals surface area contributed by atoms with E-state index in [1.807, 2.05) is 18.2 Å². The molecule has 1 aromatic rings. The van der Waals surface area contributed by atoms with Gasteiger partial charge in [0.25, 0.3) is 0 Å². The van der Waals surface area contributed by atoms with Crippen molar-refractivity contribution in [1.82, 2.24) is 0 Å². The number of benzene rings is 1. The van der Waals surface area contributed by atoms with Gasteiger partial charge in [0.1, 0.15) is 12.4 Å². The zero-order valence-corrected chi connectivity index (χ0v) is 11.4. The maximum atomic E-state index is 6.10. The van der Waals surface area contributed by atoms with E-state index in [4.69, 9.17) is 31.5 Å². The molecule has 0 aliphatic carbocycles. The Bertz CT molecular complexity index is 347. The second kappa shape index (κ2) is 9.16. The zero-order chi connectivity index (χ0) is 13.2. The van der Waals surface area contributed by atoms with Crippen LogP contribution in [0.3, 0.4) is 0 Å². The van der Waals surface area contributed by atoms with Crippen molar-refractivity contribution < 1.29 is 14.2 Å². The maximum absolute atomic E-state index is 6.10. The Morgan fingerprint density at radius 3 is 2.67 bits per heavy atom. The third-order valence-corrected chi connectivity index (χ3v) is 2.67. The lowest BCUT2D eigenvalue weighted by molar-refractivity contribution is 0.0543. The van der Waals surface area contributed by atoms with E-state index >= 15 is 0 Å². The first kappa shape index (κ1) is 15.2. The van der Waals surface area contributed by atoms with Gasteiger partial charge >= 0.3 is 0 Å². The highest BCUT2D eigenvalue weighted by atomic mass is 35.5. The van der Waals surface area contributed by atoms with Crippen LogP contribution in [0.25, 0.3) is 0 Å².